The van der Waals surface area contributed by atoms with Crippen LogP contribution < -0.4 is 10.6 Å². The van der Waals surface area contributed by atoms with Crippen molar-refractivity contribution in [3.63, 3.8) is 0 Å². The SMILES string of the molecule is COCCOC1CCC(NC(=O)c2n[nH]cc2NC(=O)c2c(Cl)cccc2Cl)CC1. The summed E-state index contributed by atoms with van der Waals surface area (Å²) in [6.45, 7) is 1.15. The molecule has 0 bridgehead atoms. The van der Waals surface area contributed by atoms with Gasteiger partial charge in [-0.3, -0.25) is 14.7 Å². The first-order valence-electron chi connectivity index (χ1n) is 9.70. The lowest BCUT2D eigenvalue weighted by Gasteiger charge is -2.29. The molecule has 10 heteroatoms. The molecule has 0 aliphatic heterocycles. The number of hydrogen-bond acceptors (Lipinski definition) is 5. The van der Waals surface area contributed by atoms with E-state index >= 15 is 0 Å². The molecular formula is C20H24Cl2N4O4. The Kier molecular flexibility index (Phi) is 8.09. The average molecular weight is 455 g/mol. The lowest BCUT2D eigenvalue weighted by atomic mass is 9.93. The van der Waals surface area contributed by atoms with Gasteiger partial charge in [-0.2, -0.15) is 5.10 Å². The summed E-state index contributed by atoms with van der Waals surface area (Å²) < 4.78 is 10.7. The van der Waals surface area contributed by atoms with E-state index in [2.05, 4.69) is 20.8 Å². The summed E-state index contributed by atoms with van der Waals surface area (Å²) in [6.07, 6.45) is 4.98. The minimum absolute atomic E-state index is 0.0260. The summed E-state index contributed by atoms with van der Waals surface area (Å²) in [7, 11) is 1.64. The molecule has 1 aromatic carbocycles. The second-order valence-corrected chi connectivity index (χ2v) is 7.82. The number of carbonyl (C=O) groups excluding carboxylic acids is 2. The van der Waals surface area contributed by atoms with Crippen LogP contribution in [0.25, 0.3) is 0 Å². The summed E-state index contributed by atoms with van der Waals surface area (Å²) >= 11 is 12.2. The number of aromatic amines is 1. The molecule has 162 valence electrons. The predicted octanol–water partition coefficient (Wildman–Crippen LogP) is 3.67. The van der Waals surface area contributed by atoms with Gasteiger partial charge in [0.25, 0.3) is 11.8 Å². The lowest BCUT2D eigenvalue weighted by molar-refractivity contribution is -0.00409. The number of H-pyrrole nitrogens is 1. The number of halogens is 2. The Balaban J connectivity index is 1.56. The molecule has 8 nitrogen and oxygen atoms in total. The van der Waals surface area contributed by atoms with Crippen LogP contribution in [-0.4, -0.2) is 54.5 Å². The fourth-order valence-electron chi connectivity index (χ4n) is 3.38. The van der Waals surface area contributed by atoms with E-state index < -0.39 is 5.91 Å². The molecule has 1 saturated carbocycles. The molecular weight excluding hydrogens is 431 g/mol. The maximum atomic E-state index is 12.7. The first-order valence-corrected chi connectivity index (χ1v) is 10.5. The first-order chi connectivity index (χ1) is 14.5. The standard InChI is InChI=1S/C20H24Cl2N4O4/c1-29-9-10-30-13-7-5-12(6-8-13)24-20(28)18-16(11-23-26-18)25-19(27)17-14(21)3-2-4-15(17)22/h2-4,11-13H,5-10H2,1H3,(H,23,26)(H,24,28)(H,25,27). The van der Waals surface area contributed by atoms with Crippen molar-refractivity contribution in [3.8, 4) is 0 Å². The zero-order chi connectivity index (χ0) is 21.5. The molecule has 1 aliphatic rings. The second kappa shape index (κ2) is 10.8. The van der Waals surface area contributed by atoms with Gasteiger partial charge in [0.1, 0.15) is 0 Å². The molecule has 1 fully saturated rings. The Bertz CT molecular complexity index is 861. The van der Waals surface area contributed by atoms with Gasteiger partial charge in [0.15, 0.2) is 5.69 Å². The molecule has 0 unspecified atom stereocenters. The topological polar surface area (TPSA) is 105 Å². The molecule has 1 heterocycles. The zero-order valence-electron chi connectivity index (χ0n) is 16.5. The number of carbonyl (C=O) groups is 2. The van der Waals surface area contributed by atoms with Crippen molar-refractivity contribution in [2.45, 2.75) is 37.8 Å². The van der Waals surface area contributed by atoms with Crippen molar-refractivity contribution in [2.75, 3.05) is 25.6 Å². The van der Waals surface area contributed by atoms with Crippen LogP contribution in [0, 0.1) is 0 Å². The summed E-state index contributed by atoms with van der Waals surface area (Å²) in [6, 6.07) is 4.81. The predicted molar refractivity (Wildman–Crippen MR) is 114 cm³/mol. The highest BCUT2D eigenvalue weighted by Crippen LogP contribution is 2.26. The normalized spacial score (nSPS) is 18.8. The number of nitrogens with zero attached hydrogens (tertiary/aromatic N) is 1. The molecule has 1 aromatic heterocycles. The van der Waals surface area contributed by atoms with Crippen molar-refractivity contribution in [3.05, 3.63) is 45.7 Å². The Morgan fingerprint density at radius 2 is 1.83 bits per heavy atom. The van der Waals surface area contributed by atoms with Gasteiger partial charge < -0.3 is 20.1 Å². The minimum atomic E-state index is -0.519. The van der Waals surface area contributed by atoms with E-state index in [4.69, 9.17) is 32.7 Å². The van der Waals surface area contributed by atoms with Crippen LogP contribution in [0.15, 0.2) is 24.4 Å². The number of aromatic nitrogens is 2. The van der Waals surface area contributed by atoms with Crippen molar-refractivity contribution >= 4 is 40.7 Å². The van der Waals surface area contributed by atoms with E-state index in [9.17, 15) is 9.59 Å². The Labute approximate surface area is 184 Å². The molecule has 0 saturated heterocycles. The molecule has 2 aromatic rings. The molecule has 30 heavy (non-hydrogen) atoms. The van der Waals surface area contributed by atoms with Gasteiger partial charge >= 0.3 is 0 Å². The Morgan fingerprint density at radius 3 is 2.50 bits per heavy atom. The molecule has 0 atom stereocenters. The van der Waals surface area contributed by atoms with Gasteiger partial charge in [0, 0.05) is 19.3 Å². The molecule has 0 radical (unpaired) electrons. The van der Waals surface area contributed by atoms with Crippen LogP contribution in [0.4, 0.5) is 5.69 Å². The van der Waals surface area contributed by atoms with Crippen LogP contribution in [-0.2, 0) is 9.47 Å². The van der Waals surface area contributed by atoms with Gasteiger partial charge in [-0.25, -0.2) is 0 Å². The number of anilines is 1. The van der Waals surface area contributed by atoms with Crippen LogP contribution >= 0.6 is 23.2 Å². The third kappa shape index (κ3) is 5.72. The van der Waals surface area contributed by atoms with Crippen LogP contribution in [0.2, 0.25) is 10.0 Å². The van der Waals surface area contributed by atoms with Gasteiger partial charge in [-0.05, 0) is 37.8 Å². The smallest absolute Gasteiger partial charge is 0.274 e. The number of nitrogens with one attached hydrogen (secondary N) is 3. The molecule has 1 aliphatic carbocycles. The quantitative estimate of drug-likeness (QED) is 0.527. The number of ether oxygens (including phenoxy) is 2. The van der Waals surface area contributed by atoms with Crippen molar-refractivity contribution in [2.24, 2.45) is 0 Å². The fourth-order valence-corrected chi connectivity index (χ4v) is 3.95. The number of rotatable bonds is 8. The molecule has 3 rings (SSSR count). The van der Waals surface area contributed by atoms with E-state index in [1.165, 1.54) is 6.20 Å². The van der Waals surface area contributed by atoms with Crippen molar-refractivity contribution in [1.82, 2.24) is 15.5 Å². The van der Waals surface area contributed by atoms with E-state index in [-0.39, 0.29) is 45.0 Å². The molecule has 2 amide bonds. The number of benzene rings is 1. The number of amides is 2. The van der Waals surface area contributed by atoms with E-state index in [1.807, 2.05) is 0 Å². The molecule has 3 N–H and O–H groups in total. The lowest BCUT2D eigenvalue weighted by Crippen LogP contribution is -2.39. The maximum Gasteiger partial charge on any atom is 0.274 e. The van der Waals surface area contributed by atoms with E-state index in [0.29, 0.717) is 13.2 Å². The highest BCUT2D eigenvalue weighted by Gasteiger charge is 2.26. The van der Waals surface area contributed by atoms with Crippen molar-refractivity contribution in [1.29, 1.82) is 0 Å². The van der Waals surface area contributed by atoms with Gasteiger partial charge in [0.2, 0.25) is 0 Å². The summed E-state index contributed by atoms with van der Waals surface area (Å²) in [5, 5.41) is 12.7. The first kappa shape index (κ1) is 22.6. The third-order valence-electron chi connectivity index (χ3n) is 4.94. The highest BCUT2D eigenvalue weighted by molar-refractivity contribution is 6.40. The van der Waals surface area contributed by atoms with E-state index in [1.54, 1.807) is 25.3 Å². The van der Waals surface area contributed by atoms with Gasteiger partial charge in [-0.1, -0.05) is 29.3 Å². The fraction of sp³-hybridized carbons (Fsp3) is 0.450. The summed E-state index contributed by atoms with van der Waals surface area (Å²) in [5.74, 6) is -0.879. The second-order valence-electron chi connectivity index (χ2n) is 7.01. The van der Waals surface area contributed by atoms with Crippen LogP contribution in [0.3, 0.4) is 0 Å². The zero-order valence-corrected chi connectivity index (χ0v) is 18.1. The molecule has 0 spiro atoms. The third-order valence-corrected chi connectivity index (χ3v) is 5.57. The number of methoxy groups -OCH3 is 1. The van der Waals surface area contributed by atoms with Crippen LogP contribution in [0.5, 0.6) is 0 Å². The Morgan fingerprint density at radius 1 is 1.13 bits per heavy atom. The van der Waals surface area contributed by atoms with Gasteiger partial charge in [-0.15, -0.1) is 0 Å². The van der Waals surface area contributed by atoms with E-state index in [0.717, 1.165) is 25.7 Å². The maximum absolute atomic E-state index is 12.7. The summed E-state index contributed by atoms with van der Waals surface area (Å²) in [5.41, 5.74) is 0.496. The summed E-state index contributed by atoms with van der Waals surface area (Å²) in [4.78, 5) is 25.3. The van der Waals surface area contributed by atoms with Gasteiger partial charge in [0.05, 0.1) is 40.6 Å². The monoisotopic (exact) mass is 454 g/mol. The number of hydrogen-bond donors (Lipinski definition) is 3. The minimum Gasteiger partial charge on any atom is -0.382 e. The van der Waals surface area contributed by atoms with Crippen molar-refractivity contribution < 1.29 is 19.1 Å². The Hall–Kier alpha value is -2.13. The largest absolute Gasteiger partial charge is 0.382 e. The average Bonchev–Trinajstić information content (AvgIpc) is 3.17. The highest BCUT2D eigenvalue weighted by atomic mass is 35.5. The van der Waals surface area contributed by atoms with Crippen LogP contribution in [0.1, 0.15) is 46.5 Å².